The summed E-state index contributed by atoms with van der Waals surface area (Å²) in [5.41, 5.74) is 3.32. The second-order valence-electron chi connectivity index (χ2n) is 3.98. The van der Waals surface area contributed by atoms with E-state index in [9.17, 15) is 4.79 Å². The molecule has 1 aromatic heterocycles. The first-order valence-electron chi connectivity index (χ1n) is 5.41. The van der Waals surface area contributed by atoms with Crippen LogP contribution in [0.15, 0.2) is 0 Å². The van der Waals surface area contributed by atoms with Crippen LogP contribution in [-0.2, 0) is 11.8 Å². The molecule has 0 aliphatic rings. The van der Waals surface area contributed by atoms with Gasteiger partial charge in [0.2, 0.25) is 5.91 Å². The van der Waals surface area contributed by atoms with Gasteiger partial charge in [0, 0.05) is 31.4 Å². The highest BCUT2D eigenvalue weighted by Gasteiger charge is 2.16. The lowest BCUT2D eigenvalue weighted by molar-refractivity contribution is -0.119. The number of nitrogens with one attached hydrogen (secondary N) is 2. The fourth-order valence-corrected chi connectivity index (χ4v) is 1.85. The summed E-state index contributed by atoms with van der Waals surface area (Å²) in [5, 5.41) is 10.1. The van der Waals surface area contributed by atoms with E-state index in [1.54, 1.807) is 7.05 Å². The zero-order valence-electron chi connectivity index (χ0n) is 10.6. The van der Waals surface area contributed by atoms with Gasteiger partial charge in [-0.1, -0.05) is 0 Å². The minimum atomic E-state index is -0.00829. The molecule has 0 fully saturated rings. The summed E-state index contributed by atoms with van der Waals surface area (Å²) in [5.74, 6) is -0.00829. The molecular weight excluding hydrogens is 204 g/mol. The fraction of sp³-hybridized carbons (Fsp3) is 0.636. The summed E-state index contributed by atoms with van der Waals surface area (Å²) in [6.45, 7) is 6.39. The SMILES string of the molecule is CNC(=O)CNC(C)c1c(C)nn(C)c1C. The fourth-order valence-electron chi connectivity index (χ4n) is 1.85. The van der Waals surface area contributed by atoms with Crippen molar-refractivity contribution in [3.8, 4) is 0 Å². The predicted octanol–water partition coefficient (Wildman–Crippen LogP) is 0.434. The van der Waals surface area contributed by atoms with Crippen molar-refractivity contribution in [2.24, 2.45) is 7.05 Å². The Morgan fingerprint density at radius 1 is 1.50 bits per heavy atom. The summed E-state index contributed by atoms with van der Waals surface area (Å²) in [4.78, 5) is 11.1. The van der Waals surface area contributed by atoms with Crippen molar-refractivity contribution < 1.29 is 4.79 Å². The molecule has 0 bridgehead atoms. The maximum atomic E-state index is 11.1. The Hall–Kier alpha value is -1.36. The molecule has 2 N–H and O–H groups in total. The minimum absolute atomic E-state index is 0.00829. The Labute approximate surface area is 96.2 Å². The Bertz CT molecular complexity index is 384. The number of rotatable bonds is 4. The first kappa shape index (κ1) is 12.7. The van der Waals surface area contributed by atoms with Gasteiger partial charge in [-0.25, -0.2) is 0 Å². The van der Waals surface area contributed by atoms with Crippen molar-refractivity contribution in [3.63, 3.8) is 0 Å². The smallest absolute Gasteiger partial charge is 0.233 e. The highest BCUT2D eigenvalue weighted by atomic mass is 16.1. The van der Waals surface area contributed by atoms with E-state index in [0.29, 0.717) is 6.54 Å². The molecule has 0 aromatic carbocycles. The Balaban J connectivity index is 2.73. The van der Waals surface area contributed by atoms with Gasteiger partial charge >= 0.3 is 0 Å². The van der Waals surface area contributed by atoms with Crippen LogP contribution in [0, 0.1) is 13.8 Å². The van der Waals surface area contributed by atoms with Crippen molar-refractivity contribution >= 4 is 5.91 Å². The standard InChI is InChI=1S/C11H20N4O/c1-7(13-6-10(16)12-4)11-8(2)14-15(5)9(11)3/h7,13H,6H2,1-5H3,(H,12,16). The molecule has 1 rings (SSSR count). The maximum absolute atomic E-state index is 11.1. The summed E-state index contributed by atoms with van der Waals surface area (Å²) in [6, 6.07) is 0.131. The first-order chi connectivity index (χ1) is 7.47. The van der Waals surface area contributed by atoms with Crippen LogP contribution in [0.5, 0.6) is 0 Å². The molecule has 5 heteroatoms. The van der Waals surface area contributed by atoms with E-state index in [2.05, 4.69) is 15.7 Å². The third kappa shape index (κ3) is 2.61. The molecular formula is C11H20N4O. The lowest BCUT2D eigenvalue weighted by atomic mass is 10.1. The number of hydrogen-bond donors (Lipinski definition) is 2. The number of nitrogens with zero attached hydrogens (tertiary/aromatic N) is 2. The summed E-state index contributed by atoms with van der Waals surface area (Å²) in [7, 11) is 3.56. The molecule has 0 spiro atoms. The van der Waals surface area contributed by atoms with Crippen molar-refractivity contribution in [2.45, 2.75) is 26.8 Å². The summed E-state index contributed by atoms with van der Waals surface area (Å²) >= 11 is 0. The van der Waals surface area contributed by atoms with E-state index in [4.69, 9.17) is 0 Å². The van der Waals surface area contributed by atoms with Gasteiger partial charge in [-0.3, -0.25) is 9.48 Å². The van der Waals surface area contributed by atoms with Crippen molar-refractivity contribution in [1.29, 1.82) is 0 Å². The molecule has 16 heavy (non-hydrogen) atoms. The molecule has 90 valence electrons. The molecule has 0 aliphatic heterocycles. The second-order valence-corrected chi connectivity index (χ2v) is 3.98. The van der Waals surface area contributed by atoms with Crippen LogP contribution in [0.4, 0.5) is 0 Å². The van der Waals surface area contributed by atoms with E-state index in [0.717, 1.165) is 11.4 Å². The van der Waals surface area contributed by atoms with E-state index in [-0.39, 0.29) is 11.9 Å². The van der Waals surface area contributed by atoms with Gasteiger partial charge in [0.1, 0.15) is 0 Å². The quantitative estimate of drug-likeness (QED) is 0.780. The number of amides is 1. The van der Waals surface area contributed by atoms with Crippen LogP contribution in [0.1, 0.15) is 29.9 Å². The zero-order valence-corrected chi connectivity index (χ0v) is 10.6. The molecule has 5 nitrogen and oxygen atoms in total. The highest BCUT2D eigenvalue weighted by molar-refractivity contribution is 5.77. The maximum Gasteiger partial charge on any atom is 0.233 e. The van der Waals surface area contributed by atoms with Gasteiger partial charge in [-0.15, -0.1) is 0 Å². The van der Waals surface area contributed by atoms with Crippen LogP contribution in [0.2, 0.25) is 0 Å². The van der Waals surface area contributed by atoms with Crippen LogP contribution < -0.4 is 10.6 Å². The first-order valence-corrected chi connectivity index (χ1v) is 5.41. The number of carbonyl (C=O) groups is 1. The molecule has 0 radical (unpaired) electrons. The van der Waals surface area contributed by atoms with Crippen LogP contribution >= 0.6 is 0 Å². The van der Waals surface area contributed by atoms with E-state index < -0.39 is 0 Å². The molecule has 1 heterocycles. The van der Waals surface area contributed by atoms with E-state index in [1.165, 1.54) is 5.56 Å². The third-order valence-corrected chi connectivity index (χ3v) is 2.85. The molecule has 0 saturated carbocycles. The van der Waals surface area contributed by atoms with E-state index >= 15 is 0 Å². The summed E-state index contributed by atoms with van der Waals surface area (Å²) in [6.07, 6.45) is 0. The monoisotopic (exact) mass is 224 g/mol. The van der Waals surface area contributed by atoms with Crippen molar-refractivity contribution in [3.05, 3.63) is 17.0 Å². The normalized spacial score (nSPS) is 12.6. The Morgan fingerprint density at radius 3 is 2.56 bits per heavy atom. The number of likely N-dealkylation sites (N-methyl/N-ethyl adjacent to an activating group) is 1. The molecule has 0 saturated heterocycles. The second kappa shape index (κ2) is 5.12. The minimum Gasteiger partial charge on any atom is -0.358 e. The topological polar surface area (TPSA) is 59.0 Å². The zero-order chi connectivity index (χ0) is 12.3. The molecule has 0 aliphatic carbocycles. The number of hydrogen-bond acceptors (Lipinski definition) is 3. The van der Waals surface area contributed by atoms with Gasteiger partial charge < -0.3 is 10.6 Å². The van der Waals surface area contributed by atoms with Gasteiger partial charge in [0.05, 0.1) is 12.2 Å². The molecule has 1 unspecified atom stereocenters. The van der Waals surface area contributed by atoms with Crippen LogP contribution in [-0.4, -0.2) is 29.3 Å². The highest BCUT2D eigenvalue weighted by Crippen LogP contribution is 2.20. The van der Waals surface area contributed by atoms with Crippen molar-refractivity contribution in [2.75, 3.05) is 13.6 Å². The number of carbonyl (C=O) groups excluding carboxylic acids is 1. The number of aromatic nitrogens is 2. The molecule has 1 atom stereocenters. The van der Waals surface area contributed by atoms with Crippen LogP contribution in [0.3, 0.4) is 0 Å². The van der Waals surface area contributed by atoms with Gasteiger partial charge in [-0.2, -0.15) is 5.10 Å². The van der Waals surface area contributed by atoms with Gasteiger partial charge in [0.15, 0.2) is 0 Å². The predicted molar refractivity (Wildman–Crippen MR) is 63.2 cm³/mol. The average Bonchev–Trinajstić information content (AvgIpc) is 2.49. The number of aryl methyl sites for hydroxylation is 2. The van der Waals surface area contributed by atoms with Crippen LogP contribution in [0.25, 0.3) is 0 Å². The Kier molecular flexibility index (Phi) is 4.06. The summed E-state index contributed by atoms with van der Waals surface area (Å²) < 4.78 is 1.86. The molecule has 1 aromatic rings. The van der Waals surface area contributed by atoms with Gasteiger partial charge in [0.25, 0.3) is 0 Å². The van der Waals surface area contributed by atoms with Crippen molar-refractivity contribution in [1.82, 2.24) is 20.4 Å². The lowest BCUT2D eigenvalue weighted by Crippen LogP contribution is -2.33. The van der Waals surface area contributed by atoms with E-state index in [1.807, 2.05) is 32.5 Å². The van der Waals surface area contributed by atoms with Gasteiger partial charge in [-0.05, 0) is 20.8 Å². The largest absolute Gasteiger partial charge is 0.358 e. The average molecular weight is 224 g/mol. The lowest BCUT2D eigenvalue weighted by Gasteiger charge is -2.14. The third-order valence-electron chi connectivity index (χ3n) is 2.85. The molecule has 1 amide bonds. The Morgan fingerprint density at radius 2 is 2.12 bits per heavy atom.